The first kappa shape index (κ1) is 23.0. The third kappa shape index (κ3) is 4.10. The second-order valence-electron chi connectivity index (χ2n) is 10.00. The Labute approximate surface area is 212 Å². The van der Waals surface area contributed by atoms with Gasteiger partial charge in [0, 0.05) is 1.43 Å². The molecule has 2 N–H and O–H groups in total. The van der Waals surface area contributed by atoms with Crippen molar-refractivity contribution >= 4 is 22.2 Å². The molecule has 4 heterocycles. The minimum absolute atomic E-state index is 0. The van der Waals surface area contributed by atoms with Crippen molar-refractivity contribution in [3.63, 3.8) is 0 Å². The molecule has 36 heavy (non-hydrogen) atoms. The van der Waals surface area contributed by atoms with Gasteiger partial charge in [0.15, 0.2) is 11.2 Å². The average molecular weight is 483 g/mol. The minimum atomic E-state index is 0. The maximum atomic E-state index is 6.05. The Morgan fingerprint density at radius 1 is 0.750 bits per heavy atom. The fourth-order valence-electron chi connectivity index (χ4n) is 5.40. The SMILES string of the molecule is C.C[C@@H]1CNC(c2nc3cc(-c4ccc(-c5ccc6oc([C@@H]7CCCN7)nc6c5)cc4)ccc3o2)C1.[HH]. The summed E-state index contributed by atoms with van der Waals surface area (Å²) >= 11 is 0. The molecule has 2 fully saturated rings. The van der Waals surface area contributed by atoms with E-state index >= 15 is 0 Å². The highest BCUT2D eigenvalue weighted by molar-refractivity contribution is 5.83. The Morgan fingerprint density at radius 3 is 1.81 bits per heavy atom. The monoisotopic (exact) mass is 482 g/mol. The van der Waals surface area contributed by atoms with Crippen LogP contribution in [0.1, 0.15) is 58.9 Å². The lowest BCUT2D eigenvalue weighted by atomic mass is 10.00. The first-order valence-electron chi connectivity index (χ1n) is 12.6. The van der Waals surface area contributed by atoms with Gasteiger partial charge in [0.25, 0.3) is 0 Å². The number of aromatic nitrogens is 2. The molecule has 2 aliphatic heterocycles. The highest BCUT2D eigenvalue weighted by atomic mass is 16.4. The molecule has 0 bridgehead atoms. The Hall–Kier alpha value is -3.48. The van der Waals surface area contributed by atoms with Gasteiger partial charge in [-0.1, -0.05) is 50.7 Å². The van der Waals surface area contributed by atoms with E-state index in [1.54, 1.807) is 0 Å². The molecular formula is C30H34N4O2. The van der Waals surface area contributed by atoms with Gasteiger partial charge < -0.3 is 19.5 Å². The first-order valence-corrected chi connectivity index (χ1v) is 12.6. The fourth-order valence-corrected chi connectivity index (χ4v) is 5.40. The lowest BCUT2D eigenvalue weighted by Crippen LogP contribution is -2.13. The van der Waals surface area contributed by atoms with Crippen LogP contribution in [0.5, 0.6) is 0 Å². The number of hydrogen-bond acceptors (Lipinski definition) is 6. The van der Waals surface area contributed by atoms with Crippen LogP contribution in [0.4, 0.5) is 0 Å². The molecule has 0 spiro atoms. The summed E-state index contributed by atoms with van der Waals surface area (Å²) in [5, 5.41) is 6.97. The highest BCUT2D eigenvalue weighted by Crippen LogP contribution is 2.33. The van der Waals surface area contributed by atoms with Gasteiger partial charge in [-0.3, -0.25) is 0 Å². The normalized spacial score (nSPS) is 21.9. The molecule has 2 aliphatic rings. The van der Waals surface area contributed by atoms with Gasteiger partial charge >= 0.3 is 0 Å². The van der Waals surface area contributed by atoms with Gasteiger partial charge in [0.1, 0.15) is 11.0 Å². The summed E-state index contributed by atoms with van der Waals surface area (Å²) in [6.45, 7) is 4.30. The summed E-state index contributed by atoms with van der Waals surface area (Å²) in [6.07, 6.45) is 3.32. The number of nitrogens with zero attached hydrogens (tertiary/aromatic N) is 2. The summed E-state index contributed by atoms with van der Waals surface area (Å²) in [5.74, 6) is 2.25. The van der Waals surface area contributed by atoms with Crippen molar-refractivity contribution < 1.29 is 10.3 Å². The molecule has 0 aliphatic carbocycles. The molecule has 3 atom stereocenters. The van der Waals surface area contributed by atoms with Gasteiger partial charge in [-0.25, -0.2) is 9.97 Å². The zero-order chi connectivity index (χ0) is 23.4. The predicted octanol–water partition coefficient (Wildman–Crippen LogP) is 7.28. The van der Waals surface area contributed by atoms with Crippen LogP contribution in [0.15, 0.2) is 69.5 Å². The van der Waals surface area contributed by atoms with Crippen LogP contribution in [0.3, 0.4) is 0 Å². The molecule has 0 radical (unpaired) electrons. The third-order valence-electron chi connectivity index (χ3n) is 7.37. The zero-order valence-corrected chi connectivity index (χ0v) is 19.8. The predicted molar refractivity (Wildman–Crippen MR) is 146 cm³/mol. The van der Waals surface area contributed by atoms with Crippen molar-refractivity contribution in [2.24, 2.45) is 5.92 Å². The van der Waals surface area contributed by atoms with Crippen LogP contribution in [-0.2, 0) is 0 Å². The molecule has 3 aromatic carbocycles. The van der Waals surface area contributed by atoms with Gasteiger partial charge in [-0.05, 0) is 84.8 Å². The topological polar surface area (TPSA) is 76.1 Å². The summed E-state index contributed by atoms with van der Waals surface area (Å²) < 4.78 is 12.0. The molecule has 1 unspecified atom stereocenters. The molecule has 0 saturated carbocycles. The van der Waals surface area contributed by atoms with E-state index in [1.807, 2.05) is 12.1 Å². The Kier molecular flexibility index (Phi) is 5.86. The number of benzene rings is 3. The smallest absolute Gasteiger partial charge is 0.212 e. The molecule has 6 heteroatoms. The van der Waals surface area contributed by atoms with E-state index in [0.717, 1.165) is 82.2 Å². The van der Waals surface area contributed by atoms with Crippen molar-refractivity contribution in [2.45, 2.75) is 45.7 Å². The molecule has 2 saturated heterocycles. The quantitative estimate of drug-likeness (QED) is 0.280. The van der Waals surface area contributed by atoms with E-state index in [2.05, 4.69) is 66.1 Å². The van der Waals surface area contributed by atoms with E-state index in [1.165, 1.54) is 6.42 Å². The Morgan fingerprint density at radius 2 is 1.31 bits per heavy atom. The summed E-state index contributed by atoms with van der Waals surface area (Å²) in [4.78, 5) is 9.55. The first-order chi connectivity index (χ1) is 17.2. The van der Waals surface area contributed by atoms with Crippen molar-refractivity contribution in [1.82, 2.24) is 20.6 Å². The third-order valence-corrected chi connectivity index (χ3v) is 7.37. The lowest BCUT2D eigenvalue weighted by molar-refractivity contribution is 0.446. The fraction of sp³-hybridized carbons (Fsp3) is 0.333. The summed E-state index contributed by atoms with van der Waals surface area (Å²) in [6, 6.07) is 21.6. The number of fused-ring (bicyclic) bond motifs is 2. The van der Waals surface area contributed by atoms with Gasteiger partial charge in [0.2, 0.25) is 11.8 Å². The van der Waals surface area contributed by atoms with Crippen LogP contribution in [0.2, 0.25) is 0 Å². The van der Waals surface area contributed by atoms with Crippen LogP contribution in [0.25, 0.3) is 44.5 Å². The maximum Gasteiger partial charge on any atom is 0.212 e. The van der Waals surface area contributed by atoms with E-state index in [0.29, 0.717) is 5.92 Å². The number of hydrogen-bond donors (Lipinski definition) is 2. The van der Waals surface area contributed by atoms with Crippen molar-refractivity contribution in [1.29, 1.82) is 0 Å². The lowest BCUT2D eigenvalue weighted by Gasteiger charge is -2.05. The van der Waals surface area contributed by atoms with Crippen LogP contribution in [0, 0.1) is 5.92 Å². The van der Waals surface area contributed by atoms with Crippen LogP contribution >= 0.6 is 0 Å². The summed E-state index contributed by atoms with van der Waals surface area (Å²) in [5.41, 5.74) is 8.10. The van der Waals surface area contributed by atoms with Gasteiger partial charge in [0.05, 0.1) is 12.1 Å². The molecule has 0 amide bonds. The minimum Gasteiger partial charge on any atom is -0.439 e. The number of oxazole rings is 2. The van der Waals surface area contributed by atoms with E-state index in [-0.39, 0.29) is 20.9 Å². The second kappa shape index (κ2) is 9.19. The Bertz CT molecular complexity index is 1520. The largest absolute Gasteiger partial charge is 0.439 e. The van der Waals surface area contributed by atoms with Crippen molar-refractivity contribution in [3.8, 4) is 22.3 Å². The molecule has 6 nitrogen and oxygen atoms in total. The van der Waals surface area contributed by atoms with Gasteiger partial charge in [-0.2, -0.15) is 0 Å². The zero-order valence-electron chi connectivity index (χ0n) is 19.8. The molecule has 5 aromatic rings. The van der Waals surface area contributed by atoms with Crippen molar-refractivity contribution in [3.05, 3.63) is 72.4 Å². The highest BCUT2D eigenvalue weighted by Gasteiger charge is 2.26. The van der Waals surface area contributed by atoms with Gasteiger partial charge in [-0.15, -0.1) is 0 Å². The molecule has 7 rings (SSSR count). The standard InChI is InChI=1S/C29H28N4O2.CH4.H2/c1-17-13-25(31-16-17)29-33-24-15-21(9-11-27(24)35-29)19-6-4-18(5-7-19)20-8-10-26-23(14-20)32-28(34-26)22-3-2-12-30-22;;/h4-11,14-15,17,22,25,30-31H,2-3,12-13,16H2,1H3;1H4;1H/t17-,22-,25?;;/m0../s1. The number of rotatable bonds is 4. The molecule has 2 aromatic heterocycles. The van der Waals surface area contributed by atoms with E-state index in [9.17, 15) is 0 Å². The second-order valence-corrected chi connectivity index (χ2v) is 10.00. The van der Waals surface area contributed by atoms with E-state index in [4.69, 9.17) is 18.8 Å². The Balaban J connectivity index is 0.00000140. The van der Waals surface area contributed by atoms with Crippen molar-refractivity contribution in [2.75, 3.05) is 13.1 Å². The average Bonchev–Trinajstić information content (AvgIpc) is 3.69. The number of nitrogens with one attached hydrogen (secondary N) is 2. The molecular weight excluding hydrogens is 448 g/mol. The molecule has 186 valence electrons. The van der Waals surface area contributed by atoms with Crippen LogP contribution < -0.4 is 10.6 Å². The van der Waals surface area contributed by atoms with E-state index < -0.39 is 0 Å². The van der Waals surface area contributed by atoms with Crippen LogP contribution in [-0.4, -0.2) is 23.1 Å². The maximum absolute atomic E-state index is 6.05. The summed E-state index contributed by atoms with van der Waals surface area (Å²) in [7, 11) is 0.